The Balaban J connectivity index is 2.37. The number of aromatic nitrogens is 2. The first-order valence-corrected chi connectivity index (χ1v) is 5.48. The van der Waals surface area contributed by atoms with Gasteiger partial charge in [0, 0.05) is 17.3 Å². The Morgan fingerprint density at radius 2 is 2.13 bits per heavy atom. The number of hydrazine groups is 1. The van der Waals surface area contributed by atoms with Crippen LogP contribution in [0.5, 0.6) is 0 Å². The molecule has 0 aliphatic carbocycles. The highest BCUT2D eigenvalue weighted by Gasteiger charge is 2.17. The minimum Gasteiger partial charge on any atom is -0.270 e. The minimum atomic E-state index is -0.119. The van der Waals surface area contributed by atoms with E-state index >= 15 is 0 Å². The van der Waals surface area contributed by atoms with Crippen LogP contribution in [0, 0.1) is 6.92 Å². The molecule has 1 atom stereocenters. The van der Waals surface area contributed by atoms with E-state index in [1.54, 1.807) is 29.8 Å². The predicted octanol–water partition coefficient (Wildman–Crippen LogP) is 1.40. The quantitative estimate of drug-likeness (QED) is 0.606. The average molecular weight is 220 g/mol. The third-order valence-corrected chi connectivity index (χ3v) is 3.26. The molecule has 0 aliphatic heterocycles. The molecule has 0 saturated carbocycles. The Kier molecular flexibility index (Phi) is 3.05. The smallest absolute Gasteiger partial charge is 0.151 e. The van der Waals surface area contributed by atoms with Crippen molar-refractivity contribution in [1.29, 1.82) is 0 Å². The lowest BCUT2D eigenvalue weighted by molar-refractivity contribution is 0.608. The molecule has 2 heterocycles. The van der Waals surface area contributed by atoms with Crippen LogP contribution >= 0.6 is 11.3 Å². The van der Waals surface area contributed by atoms with E-state index in [-0.39, 0.29) is 6.04 Å². The second-order valence-electron chi connectivity index (χ2n) is 3.17. The van der Waals surface area contributed by atoms with Crippen molar-refractivity contribution in [2.24, 2.45) is 5.84 Å². The Labute approximate surface area is 92.2 Å². The van der Waals surface area contributed by atoms with Gasteiger partial charge in [-0.05, 0) is 30.0 Å². The van der Waals surface area contributed by atoms with E-state index < -0.39 is 0 Å². The molecule has 0 amide bonds. The number of hydrogen-bond donors (Lipinski definition) is 2. The van der Waals surface area contributed by atoms with Crippen molar-refractivity contribution >= 4 is 11.3 Å². The Hall–Kier alpha value is -1.30. The van der Waals surface area contributed by atoms with Crippen LogP contribution in [0.3, 0.4) is 0 Å². The molecule has 0 radical (unpaired) electrons. The third kappa shape index (κ3) is 2.04. The van der Waals surface area contributed by atoms with Gasteiger partial charge in [0.15, 0.2) is 5.82 Å². The van der Waals surface area contributed by atoms with Crippen molar-refractivity contribution in [2.75, 3.05) is 0 Å². The zero-order valence-electron chi connectivity index (χ0n) is 8.34. The maximum absolute atomic E-state index is 5.54. The molecule has 3 N–H and O–H groups in total. The first-order valence-electron chi connectivity index (χ1n) is 4.60. The molecule has 0 bridgehead atoms. The van der Waals surface area contributed by atoms with Crippen LogP contribution in [0.25, 0.3) is 0 Å². The molecular formula is C10H12N4S. The molecule has 0 aliphatic rings. The maximum atomic E-state index is 5.54. The van der Waals surface area contributed by atoms with E-state index in [0.717, 1.165) is 4.88 Å². The number of thiophene rings is 1. The lowest BCUT2D eigenvalue weighted by atomic mass is 10.1. The SMILES string of the molecule is Cc1ccsc1C(NN)c1ncccn1. The normalized spacial score (nSPS) is 12.7. The molecular weight excluding hydrogens is 208 g/mol. The molecule has 2 aromatic rings. The Bertz CT molecular complexity index is 426. The van der Waals surface area contributed by atoms with Gasteiger partial charge in [0.2, 0.25) is 0 Å². The van der Waals surface area contributed by atoms with Crippen LogP contribution in [0.2, 0.25) is 0 Å². The average Bonchev–Trinajstić information content (AvgIpc) is 2.68. The molecule has 0 aromatic carbocycles. The van der Waals surface area contributed by atoms with Gasteiger partial charge in [-0.1, -0.05) is 0 Å². The van der Waals surface area contributed by atoms with Crippen LogP contribution in [0.4, 0.5) is 0 Å². The minimum absolute atomic E-state index is 0.119. The highest BCUT2D eigenvalue weighted by molar-refractivity contribution is 7.10. The fourth-order valence-electron chi connectivity index (χ4n) is 1.41. The van der Waals surface area contributed by atoms with Crippen molar-refractivity contribution in [3.63, 3.8) is 0 Å². The highest BCUT2D eigenvalue weighted by atomic mass is 32.1. The van der Waals surface area contributed by atoms with Gasteiger partial charge in [0.25, 0.3) is 0 Å². The van der Waals surface area contributed by atoms with E-state index in [2.05, 4.69) is 28.4 Å². The Morgan fingerprint density at radius 1 is 1.40 bits per heavy atom. The summed E-state index contributed by atoms with van der Waals surface area (Å²) in [5.74, 6) is 6.24. The van der Waals surface area contributed by atoms with Crippen LogP contribution in [0.1, 0.15) is 22.3 Å². The lowest BCUT2D eigenvalue weighted by Gasteiger charge is -2.13. The summed E-state index contributed by atoms with van der Waals surface area (Å²) in [4.78, 5) is 9.56. The van der Waals surface area contributed by atoms with Crippen LogP contribution in [-0.2, 0) is 0 Å². The van der Waals surface area contributed by atoms with Crippen molar-refractivity contribution in [1.82, 2.24) is 15.4 Å². The van der Waals surface area contributed by atoms with Crippen LogP contribution in [-0.4, -0.2) is 9.97 Å². The summed E-state index contributed by atoms with van der Waals surface area (Å²) < 4.78 is 0. The molecule has 15 heavy (non-hydrogen) atoms. The fraction of sp³-hybridized carbons (Fsp3) is 0.200. The monoisotopic (exact) mass is 220 g/mol. The molecule has 0 saturated heterocycles. The van der Waals surface area contributed by atoms with Gasteiger partial charge in [0.05, 0.1) is 0 Å². The maximum Gasteiger partial charge on any atom is 0.151 e. The summed E-state index contributed by atoms with van der Waals surface area (Å²) in [6.45, 7) is 2.05. The Morgan fingerprint density at radius 3 is 2.67 bits per heavy atom. The second kappa shape index (κ2) is 4.48. The zero-order valence-corrected chi connectivity index (χ0v) is 9.16. The van der Waals surface area contributed by atoms with Crippen molar-refractivity contribution in [3.05, 3.63) is 46.2 Å². The second-order valence-corrected chi connectivity index (χ2v) is 4.12. The topological polar surface area (TPSA) is 63.8 Å². The standard InChI is InChI=1S/C10H12N4S/c1-7-3-6-15-9(7)8(14-11)10-12-4-2-5-13-10/h2-6,8,14H,11H2,1H3. The highest BCUT2D eigenvalue weighted by Crippen LogP contribution is 2.26. The lowest BCUT2D eigenvalue weighted by Crippen LogP contribution is -2.30. The summed E-state index contributed by atoms with van der Waals surface area (Å²) >= 11 is 1.65. The summed E-state index contributed by atoms with van der Waals surface area (Å²) in [5.41, 5.74) is 3.95. The molecule has 0 spiro atoms. The fourth-order valence-corrected chi connectivity index (χ4v) is 2.39. The van der Waals surface area contributed by atoms with Gasteiger partial charge in [-0.25, -0.2) is 15.4 Å². The first kappa shape index (κ1) is 10.2. The van der Waals surface area contributed by atoms with Gasteiger partial charge in [0.1, 0.15) is 6.04 Å². The zero-order chi connectivity index (χ0) is 10.7. The summed E-state index contributed by atoms with van der Waals surface area (Å²) in [6, 6.07) is 3.73. The van der Waals surface area contributed by atoms with Gasteiger partial charge in [-0.3, -0.25) is 5.84 Å². The number of nitrogens with zero attached hydrogens (tertiary/aromatic N) is 2. The first-order chi connectivity index (χ1) is 7.33. The van der Waals surface area contributed by atoms with Crippen molar-refractivity contribution in [3.8, 4) is 0 Å². The molecule has 0 fully saturated rings. The van der Waals surface area contributed by atoms with E-state index in [4.69, 9.17) is 5.84 Å². The largest absolute Gasteiger partial charge is 0.270 e. The van der Waals surface area contributed by atoms with E-state index in [0.29, 0.717) is 5.82 Å². The van der Waals surface area contributed by atoms with Gasteiger partial charge in [-0.2, -0.15) is 0 Å². The van der Waals surface area contributed by atoms with E-state index in [1.807, 2.05) is 5.38 Å². The molecule has 4 nitrogen and oxygen atoms in total. The predicted molar refractivity (Wildman–Crippen MR) is 60.3 cm³/mol. The molecule has 2 rings (SSSR count). The van der Waals surface area contributed by atoms with Crippen LogP contribution < -0.4 is 11.3 Å². The third-order valence-electron chi connectivity index (χ3n) is 2.17. The summed E-state index contributed by atoms with van der Waals surface area (Å²) in [5, 5.41) is 2.04. The number of aryl methyl sites for hydroxylation is 1. The molecule has 78 valence electrons. The molecule has 5 heteroatoms. The number of nitrogens with two attached hydrogens (primary N) is 1. The number of nitrogens with one attached hydrogen (secondary N) is 1. The summed E-state index contributed by atoms with van der Waals surface area (Å²) in [7, 11) is 0. The summed E-state index contributed by atoms with van der Waals surface area (Å²) in [6.07, 6.45) is 3.44. The number of hydrogen-bond acceptors (Lipinski definition) is 5. The van der Waals surface area contributed by atoms with Gasteiger partial charge >= 0.3 is 0 Å². The van der Waals surface area contributed by atoms with E-state index in [9.17, 15) is 0 Å². The molecule has 1 unspecified atom stereocenters. The van der Waals surface area contributed by atoms with Gasteiger partial charge < -0.3 is 0 Å². The van der Waals surface area contributed by atoms with Crippen molar-refractivity contribution < 1.29 is 0 Å². The van der Waals surface area contributed by atoms with Crippen molar-refractivity contribution in [2.45, 2.75) is 13.0 Å². The molecule has 2 aromatic heterocycles. The van der Waals surface area contributed by atoms with E-state index in [1.165, 1.54) is 5.56 Å². The van der Waals surface area contributed by atoms with Gasteiger partial charge in [-0.15, -0.1) is 11.3 Å². The van der Waals surface area contributed by atoms with Crippen LogP contribution in [0.15, 0.2) is 29.9 Å². The number of rotatable bonds is 3.